The molecule has 0 aliphatic rings. The largest absolute Gasteiger partial charge is 0.346 e. The maximum absolute atomic E-state index is 4.27. The van der Waals surface area contributed by atoms with Crippen molar-refractivity contribution in [2.24, 2.45) is 0 Å². The molecule has 3 aromatic rings. The molecule has 0 bridgehead atoms. The molecule has 2 aromatic heterocycles. The maximum Gasteiger partial charge on any atom is 0.137 e. The quantitative estimate of drug-likeness (QED) is 0.633. The molecule has 0 saturated carbocycles. The lowest BCUT2D eigenvalue weighted by Crippen LogP contribution is -1.75. The highest BCUT2D eigenvalue weighted by atomic mass is 14.8. The molecule has 1 N–H and O–H groups in total. The van der Waals surface area contributed by atoms with Crippen LogP contribution in [0, 0.1) is 0 Å². The predicted molar refractivity (Wildman–Crippen MR) is 61.5 cm³/mol. The van der Waals surface area contributed by atoms with Gasteiger partial charge in [0.15, 0.2) is 0 Å². The highest BCUT2D eigenvalue weighted by Crippen LogP contribution is 2.26. The van der Waals surface area contributed by atoms with E-state index in [1.807, 2.05) is 30.5 Å². The molecule has 15 heavy (non-hydrogen) atoms. The fraction of sp³-hybridized carbons (Fsp3) is 0. The molecule has 72 valence electrons. The van der Waals surface area contributed by atoms with Gasteiger partial charge in [-0.3, -0.25) is 0 Å². The molecule has 2 heteroatoms. The van der Waals surface area contributed by atoms with E-state index in [1.165, 1.54) is 16.5 Å². The second-order valence-corrected chi connectivity index (χ2v) is 3.47. The Kier molecular flexibility index (Phi) is 1.78. The summed E-state index contributed by atoms with van der Waals surface area (Å²) in [6.07, 6.45) is 3.81. The molecule has 0 saturated heterocycles. The monoisotopic (exact) mass is 194 g/mol. The molecule has 2 nitrogen and oxygen atoms in total. The minimum atomic E-state index is 0.941. The lowest BCUT2D eigenvalue weighted by atomic mass is 10.1. The number of hydrogen-bond acceptors (Lipinski definition) is 1. The third kappa shape index (κ3) is 1.31. The first-order chi connectivity index (χ1) is 7.45. The van der Waals surface area contributed by atoms with Crippen LogP contribution >= 0.6 is 0 Å². The molecule has 1 aromatic carbocycles. The first-order valence-electron chi connectivity index (χ1n) is 4.93. The summed E-state index contributed by atoms with van der Waals surface area (Å²) in [5.41, 5.74) is 3.37. The molecule has 0 fully saturated rings. The van der Waals surface area contributed by atoms with Crippen molar-refractivity contribution in [3.05, 3.63) is 54.9 Å². The number of fused-ring (bicyclic) bond motifs is 1. The van der Waals surface area contributed by atoms with Crippen LogP contribution < -0.4 is 0 Å². The molecule has 0 radical (unpaired) electrons. The lowest BCUT2D eigenvalue weighted by Gasteiger charge is -1.97. The number of rotatable bonds is 1. The van der Waals surface area contributed by atoms with Gasteiger partial charge in [-0.1, -0.05) is 30.3 Å². The molecular weight excluding hydrogens is 184 g/mol. The van der Waals surface area contributed by atoms with E-state index in [-0.39, 0.29) is 0 Å². The van der Waals surface area contributed by atoms with Gasteiger partial charge in [0.2, 0.25) is 0 Å². The van der Waals surface area contributed by atoms with Gasteiger partial charge >= 0.3 is 0 Å². The molecule has 0 unspecified atom stereocenters. The average Bonchev–Trinajstić information content (AvgIpc) is 2.74. The van der Waals surface area contributed by atoms with Crippen molar-refractivity contribution in [1.29, 1.82) is 0 Å². The van der Waals surface area contributed by atoms with Crippen molar-refractivity contribution in [2.45, 2.75) is 0 Å². The first kappa shape index (κ1) is 8.24. The Balaban J connectivity index is 2.28. The summed E-state index contributed by atoms with van der Waals surface area (Å²) in [5, 5.41) is 1.17. The van der Waals surface area contributed by atoms with E-state index in [9.17, 15) is 0 Å². The van der Waals surface area contributed by atoms with Crippen LogP contribution in [0.2, 0.25) is 0 Å². The zero-order valence-electron chi connectivity index (χ0n) is 8.14. The van der Waals surface area contributed by atoms with Crippen LogP contribution in [-0.2, 0) is 0 Å². The Hall–Kier alpha value is -2.09. The second-order valence-electron chi connectivity index (χ2n) is 3.47. The Labute approximate surface area is 87.6 Å². The van der Waals surface area contributed by atoms with E-state index in [1.54, 1.807) is 6.20 Å². The van der Waals surface area contributed by atoms with E-state index in [4.69, 9.17) is 0 Å². The molecule has 0 aliphatic carbocycles. The van der Waals surface area contributed by atoms with Crippen molar-refractivity contribution in [2.75, 3.05) is 0 Å². The molecule has 0 aliphatic heterocycles. The van der Waals surface area contributed by atoms with Crippen LogP contribution in [0.25, 0.3) is 22.2 Å². The van der Waals surface area contributed by atoms with Crippen molar-refractivity contribution in [3.63, 3.8) is 0 Å². The number of nitrogens with one attached hydrogen (secondary N) is 1. The fourth-order valence-electron chi connectivity index (χ4n) is 1.81. The van der Waals surface area contributed by atoms with Gasteiger partial charge in [0.25, 0.3) is 0 Å². The number of nitrogens with zero attached hydrogens (tertiary/aromatic N) is 1. The van der Waals surface area contributed by atoms with Crippen LogP contribution in [0.5, 0.6) is 0 Å². The minimum absolute atomic E-state index is 0.941. The van der Waals surface area contributed by atoms with Gasteiger partial charge in [-0.2, -0.15) is 0 Å². The van der Waals surface area contributed by atoms with Crippen molar-refractivity contribution in [1.82, 2.24) is 9.97 Å². The number of aromatic nitrogens is 2. The summed E-state index contributed by atoms with van der Waals surface area (Å²) in [6.45, 7) is 0. The molecular formula is C13H10N2. The Morgan fingerprint density at radius 1 is 0.933 bits per heavy atom. The highest BCUT2D eigenvalue weighted by Gasteiger charge is 2.04. The molecule has 0 atom stereocenters. The van der Waals surface area contributed by atoms with E-state index < -0.39 is 0 Å². The third-order valence-corrected chi connectivity index (χ3v) is 2.54. The van der Waals surface area contributed by atoms with E-state index in [0.29, 0.717) is 0 Å². The minimum Gasteiger partial charge on any atom is -0.346 e. The van der Waals surface area contributed by atoms with Gasteiger partial charge in [-0.05, 0) is 17.7 Å². The Morgan fingerprint density at radius 2 is 1.80 bits per heavy atom. The van der Waals surface area contributed by atoms with Gasteiger partial charge in [0.1, 0.15) is 5.65 Å². The zero-order valence-corrected chi connectivity index (χ0v) is 8.14. The Bertz CT molecular complexity index is 582. The standard InChI is InChI=1S/C13H10N2/c1-2-5-10(6-3-1)12-9-15-13-11(12)7-4-8-14-13/h1-9H,(H,14,15). The van der Waals surface area contributed by atoms with E-state index in [2.05, 4.69) is 28.2 Å². The highest BCUT2D eigenvalue weighted by molar-refractivity contribution is 5.93. The third-order valence-electron chi connectivity index (χ3n) is 2.54. The summed E-state index contributed by atoms with van der Waals surface area (Å²) < 4.78 is 0. The van der Waals surface area contributed by atoms with Gasteiger partial charge in [-0.25, -0.2) is 4.98 Å². The predicted octanol–water partition coefficient (Wildman–Crippen LogP) is 3.23. The van der Waals surface area contributed by atoms with Crippen LogP contribution in [0.1, 0.15) is 0 Å². The summed E-state index contributed by atoms with van der Waals surface area (Å²) in [5.74, 6) is 0. The van der Waals surface area contributed by atoms with Gasteiger partial charge in [0.05, 0.1) is 0 Å². The van der Waals surface area contributed by atoms with Crippen LogP contribution in [0.15, 0.2) is 54.9 Å². The van der Waals surface area contributed by atoms with E-state index >= 15 is 0 Å². The summed E-state index contributed by atoms with van der Waals surface area (Å²) in [6, 6.07) is 14.4. The van der Waals surface area contributed by atoms with Crippen LogP contribution in [0.4, 0.5) is 0 Å². The van der Waals surface area contributed by atoms with Gasteiger partial charge < -0.3 is 4.98 Å². The van der Waals surface area contributed by atoms with Crippen LogP contribution in [0.3, 0.4) is 0 Å². The van der Waals surface area contributed by atoms with Crippen molar-refractivity contribution in [3.8, 4) is 11.1 Å². The smallest absolute Gasteiger partial charge is 0.137 e. The topological polar surface area (TPSA) is 28.7 Å². The molecule has 0 spiro atoms. The molecule has 0 amide bonds. The zero-order chi connectivity index (χ0) is 10.1. The number of aromatic amines is 1. The number of H-pyrrole nitrogens is 1. The molecule has 2 heterocycles. The number of hydrogen-bond donors (Lipinski definition) is 1. The van der Waals surface area contributed by atoms with Gasteiger partial charge in [0, 0.05) is 23.3 Å². The summed E-state index contributed by atoms with van der Waals surface area (Å²) in [4.78, 5) is 7.45. The maximum atomic E-state index is 4.27. The first-order valence-corrected chi connectivity index (χ1v) is 4.93. The SMILES string of the molecule is c1ccc(-c2c[nH]c3ncccc23)cc1. The van der Waals surface area contributed by atoms with Gasteiger partial charge in [-0.15, -0.1) is 0 Å². The summed E-state index contributed by atoms with van der Waals surface area (Å²) in [7, 11) is 0. The number of pyridine rings is 1. The fourth-order valence-corrected chi connectivity index (χ4v) is 1.81. The molecule has 3 rings (SSSR count). The van der Waals surface area contributed by atoms with Crippen molar-refractivity contribution >= 4 is 11.0 Å². The Morgan fingerprint density at radius 3 is 2.67 bits per heavy atom. The second kappa shape index (κ2) is 3.24. The normalized spacial score (nSPS) is 10.7. The number of benzene rings is 1. The lowest BCUT2D eigenvalue weighted by molar-refractivity contribution is 1.33. The summed E-state index contributed by atoms with van der Waals surface area (Å²) >= 11 is 0. The van der Waals surface area contributed by atoms with E-state index in [0.717, 1.165) is 5.65 Å². The van der Waals surface area contributed by atoms with Crippen molar-refractivity contribution < 1.29 is 0 Å². The van der Waals surface area contributed by atoms with Crippen LogP contribution in [-0.4, -0.2) is 9.97 Å². The average molecular weight is 194 g/mol.